The molecular formula is C23H36N2O6S. The van der Waals surface area contributed by atoms with Crippen molar-refractivity contribution >= 4 is 16.1 Å². The average molecular weight is 469 g/mol. The molecule has 2 fully saturated rings. The van der Waals surface area contributed by atoms with Crippen molar-refractivity contribution in [3.63, 3.8) is 0 Å². The third-order valence-corrected chi connectivity index (χ3v) is 6.73. The molecule has 4 atom stereocenters. The van der Waals surface area contributed by atoms with Crippen molar-refractivity contribution in [3.8, 4) is 5.75 Å². The van der Waals surface area contributed by atoms with Crippen molar-refractivity contribution in [1.82, 2.24) is 9.62 Å². The van der Waals surface area contributed by atoms with Gasteiger partial charge < -0.3 is 19.5 Å². The largest absolute Gasteiger partial charge is 0.508 e. The molecule has 1 saturated heterocycles. The Labute approximate surface area is 191 Å². The van der Waals surface area contributed by atoms with Gasteiger partial charge in [0, 0.05) is 12.6 Å². The van der Waals surface area contributed by atoms with Crippen LogP contribution >= 0.6 is 0 Å². The number of benzene rings is 1. The number of hydrogen-bond acceptors (Lipinski definition) is 6. The number of hydrogen-bond donors (Lipinski definition) is 2. The summed E-state index contributed by atoms with van der Waals surface area (Å²) in [5, 5.41) is 9.76. The highest BCUT2D eigenvalue weighted by Crippen LogP contribution is 2.37. The summed E-state index contributed by atoms with van der Waals surface area (Å²) < 4.78 is 38.4. The quantitative estimate of drug-likeness (QED) is 0.663. The summed E-state index contributed by atoms with van der Waals surface area (Å²) in [5.41, 5.74) is 0.459. The fraction of sp³-hybridized carbons (Fsp3) is 0.696. The molecule has 1 aromatic rings. The second-order valence-electron chi connectivity index (χ2n) is 9.94. The molecule has 2 aliphatic rings. The van der Waals surface area contributed by atoms with Gasteiger partial charge in [-0.2, -0.15) is 0 Å². The lowest BCUT2D eigenvalue weighted by Crippen LogP contribution is -2.59. The molecule has 0 bridgehead atoms. The van der Waals surface area contributed by atoms with Gasteiger partial charge in [0.25, 0.3) is 0 Å². The van der Waals surface area contributed by atoms with E-state index in [2.05, 4.69) is 4.72 Å². The standard InChI is InChI=1S/C23H36N2O6S/c1-23(2,3)31-22(27)25-12-6-9-20(24-32(4,28)29)21(25)15-30-19-11-10-17(14-19)16-7-5-8-18(26)13-16/h5,7-8,13,17,19-21,24,26H,6,9-12,14-15H2,1-4H3/t17-,19?,20-,21-/m0/s1. The summed E-state index contributed by atoms with van der Waals surface area (Å²) in [6, 6.07) is 6.47. The molecule has 1 heterocycles. The lowest BCUT2D eigenvalue weighted by atomic mass is 9.97. The second-order valence-corrected chi connectivity index (χ2v) is 11.7. The van der Waals surface area contributed by atoms with Gasteiger partial charge in [-0.05, 0) is 76.5 Å². The van der Waals surface area contributed by atoms with E-state index in [1.807, 2.05) is 32.9 Å². The van der Waals surface area contributed by atoms with Gasteiger partial charge in [-0.15, -0.1) is 0 Å². The zero-order chi connectivity index (χ0) is 23.5. The maximum absolute atomic E-state index is 12.8. The summed E-state index contributed by atoms with van der Waals surface area (Å²) in [6.07, 6.45) is 4.69. The molecular weight excluding hydrogens is 432 g/mol. The van der Waals surface area contributed by atoms with Gasteiger partial charge in [0.05, 0.1) is 25.0 Å². The first kappa shape index (κ1) is 24.8. The number of nitrogens with zero attached hydrogens (tertiary/aromatic N) is 1. The Kier molecular flexibility index (Phi) is 7.73. The molecule has 1 aliphatic heterocycles. The highest BCUT2D eigenvalue weighted by Gasteiger charge is 2.39. The molecule has 0 radical (unpaired) electrons. The SMILES string of the molecule is CC(C)(C)OC(=O)N1CCC[C@H](NS(C)(=O)=O)[C@@H]1COC1CC[C@H](c2cccc(O)c2)C1. The van der Waals surface area contributed by atoms with Crippen molar-refractivity contribution in [3.05, 3.63) is 29.8 Å². The van der Waals surface area contributed by atoms with Crippen LogP contribution in [-0.4, -0.2) is 67.7 Å². The first-order chi connectivity index (χ1) is 14.9. The van der Waals surface area contributed by atoms with Crippen LogP contribution in [0, 0.1) is 0 Å². The molecule has 9 heteroatoms. The van der Waals surface area contributed by atoms with Crippen LogP contribution in [0.25, 0.3) is 0 Å². The Balaban J connectivity index is 1.67. The zero-order valence-electron chi connectivity index (χ0n) is 19.4. The molecule has 1 unspecified atom stereocenters. The zero-order valence-corrected chi connectivity index (χ0v) is 20.2. The number of rotatable bonds is 6. The maximum Gasteiger partial charge on any atom is 0.410 e. The van der Waals surface area contributed by atoms with E-state index < -0.39 is 33.8 Å². The van der Waals surface area contributed by atoms with E-state index in [4.69, 9.17) is 9.47 Å². The molecule has 8 nitrogen and oxygen atoms in total. The highest BCUT2D eigenvalue weighted by atomic mass is 32.2. The number of carbonyl (C=O) groups excluding carboxylic acids is 1. The number of likely N-dealkylation sites (tertiary alicyclic amines) is 1. The second kappa shape index (κ2) is 9.97. The van der Waals surface area contributed by atoms with E-state index in [1.165, 1.54) is 0 Å². The molecule has 1 aromatic carbocycles. The van der Waals surface area contributed by atoms with Crippen LogP contribution in [0.4, 0.5) is 4.79 Å². The minimum atomic E-state index is -3.44. The normalized spacial score (nSPS) is 26.8. The van der Waals surface area contributed by atoms with Crippen molar-refractivity contribution in [1.29, 1.82) is 0 Å². The predicted octanol–water partition coefficient (Wildman–Crippen LogP) is 3.36. The van der Waals surface area contributed by atoms with Crippen molar-refractivity contribution in [2.24, 2.45) is 0 Å². The van der Waals surface area contributed by atoms with Crippen LogP contribution in [0.15, 0.2) is 24.3 Å². The maximum atomic E-state index is 12.8. The average Bonchev–Trinajstić information content (AvgIpc) is 3.13. The Morgan fingerprint density at radius 3 is 2.66 bits per heavy atom. The van der Waals surface area contributed by atoms with Crippen LogP contribution in [0.1, 0.15) is 64.4 Å². The summed E-state index contributed by atoms with van der Waals surface area (Å²) >= 11 is 0. The fourth-order valence-corrected chi connectivity index (χ4v) is 5.46. The van der Waals surface area contributed by atoms with E-state index in [0.717, 1.165) is 31.1 Å². The Hall–Kier alpha value is -1.84. The number of phenols is 1. The van der Waals surface area contributed by atoms with Gasteiger partial charge in [-0.3, -0.25) is 0 Å². The van der Waals surface area contributed by atoms with Gasteiger partial charge in [-0.1, -0.05) is 12.1 Å². The van der Waals surface area contributed by atoms with Crippen molar-refractivity contribution < 1.29 is 27.8 Å². The number of carbonyl (C=O) groups is 1. The van der Waals surface area contributed by atoms with Crippen LogP contribution in [0.2, 0.25) is 0 Å². The van der Waals surface area contributed by atoms with Gasteiger partial charge in [-0.25, -0.2) is 17.9 Å². The van der Waals surface area contributed by atoms with E-state index in [9.17, 15) is 18.3 Å². The number of piperidine rings is 1. The van der Waals surface area contributed by atoms with E-state index in [-0.39, 0.29) is 18.5 Å². The third-order valence-electron chi connectivity index (χ3n) is 6.00. The molecule has 0 aromatic heterocycles. The van der Waals surface area contributed by atoms with E-state index in [1.54, 1.807) is 17.0 Å². The van der Waals surface area contributed by atoms with Gasteiger partial charge in [0.1, 0.15) is 11.4 Å². The van der Waals surface area contributed by atoms with Crippen molar-refractivity contribution in [2.45, 2.75) is 82.6 Å². The van der Waals surface area contributed by atoms with Crippen LogP contribution in [0.5, 0.6) is 5.75 Å². The summed E-state index contributed by atoms with van der Waals surface area (Å²) in [6.45, 7) is 6.18. The van der Waals surface area contributed by atoms with E-state index in [0.29, 0.717) is 25.3 Å². The molecule has 180 valence electrons. The summed E-state index contributed by atoms with van der Waals surface area (Å²) in [4.78, 5) is 14.5. The Morgan fingerprint density at radius 1 is 1.25 bits per heavy atom. The molecule has 0 spiro atoms. The Bertz CT molecular complexity index is 898. The number of sulfonamides is 1. The molecule has 1 amide bonds. The smallest absolute Gasteiger partial charge is 0.410 e. The number of nitrogens with one attached hydrogen (secondary N) is 1. The topological polar surface area (TPSA) is 105 Å². The Morgan fingerprint density at radius 2 is 2.00 bits per heavy atom. The minimum Gasteiger partial charge on any atom is -0.508 e. The lowest BCUT2D eigenvalue weighted by molar-refractivity contribution is -0.0292. The summed E-state index contributed by atoms with van der Waals surface area (Å²) in [5.74, 6) is 0.571. The minimum absolute atomic E-state index is 0.0173. The lowest BCUT2D eigenvalue weighted by Gasteiger charge is -2.41. The van der Waals surface area contributed by atoms with Crippen LogP contribution in [0.3, 0.4) is 0 Å². The first-order valence-electron chi connectivity index (χ1n) is 11.3. The first-order valence-corrected chi connectivity index (χ1v) is 13.2. The summed E-state index contributed by atoms with van der Waals surface area (Å²) in [7, 11) is -3.44. The predicted molar refractivity (Wildman–Crippen MR) is 122 cm³/mol. The number of amides is 1. The number of aromatic hydroxyl groups is 1. The van der Waals surface area contributed by atoms with Crippen molar-refractivity contribution in [2.75, 3.05) is 19.4 Å². The number of ether oxygens (including phenoxy) is 2. The highest BCUT2D eigenvalue weighted by molar-refractivity contribution is 7.88. The van der Waals surface area contributed by atoms with Crippen LogP contribution in [-0.2, 0) is 19.5 Å². The van der Waals surface area contributed by atoms with Crippen LogP contribution < -0.4 is 4.72 Å². The molecule has 1 aliphatic carbocycles. The van der Waals surface area contributed by atoms with Gasteiger partial charge in [0.2, 0.25) is 10.0 Å². The van der Waals surface area contributed by atoms with E-state index >= 15 is 0 Å². The molecule has 32 heavy (non-hydrogen) atoms. The number of phenolic OH excluding ortho intramolecular Hbond substituents is 1. The van der Waals surface area contributed by atoms with Gasteiger partial charge in [0.15, 0.2) is 0 Å². The monoisotopic (exact) mass is 468 g/mol. The molecule has 1 saturated carbocycles. The van der Waals surface area contributed by atoms with Gasteiger partial charge >= 0.3 is 6.09 Å². The molecule has 3 rings (SSSR count). The third kappa shape index (κ3) is 7.08. The fourth-order valence-electron chi connectivity index (χ4n) is 4.63. The molecule has 2 N–H and O–H groups in total.